The monoisotopic (exact) mass is 556 g/mol. The second-order valence-electron chi connectivity index (χ2n) is 7.93. The number of halogens is 2. The van der Waals surface area contributed by atoms with Gasteiger partial charge in [-0.15, -0.1) is 10.2 Å². The summed E-state index contributed by atoms with van der Waals surface area (Å²) in [4.78, 5) is 11.2. The number of aromatic nitrogens is 3. The summed E-state index contributed by atoms with van der Waals surface area (Å²) in [6, 6.07) is 19.4. The van der Waals surface area contributed by atoms with Crippen LogP contribution in [0.15, 0.2) is 76.4 Å². The van der Waals surface area contributed by atoms with Crippen molar-refractivity contribution in [2.75, 3.05) is 6.54 Å². The molecule has 0 spiro atoms. The lowest BCUT2D eigenvalue weighted by molar-refractivity contribution is -0.479. The second kappa shape index (κ2) is 11.0. The molecule has 0 radical (unpaired) electrons. The number of nitrogens with zero attached hydrogens (tertiary/aromatic N) is 4. The van der Waals surface area contributed by atoms with Crippen LogP contribution in [0.1, 0.15) is 27.8 Å². The molecule has 0 bridgehead atoms. The van der Waals surface area contributed by atoms with E-state index in [1.807, 2.05) is 54.8 Å². The molecule has 0 unspecified atom stereocenters. The lowest BCUT2D eigenvalue weighted by Crippen LogP contribution is -2.11. The predicted molar refractivity (Wildman–Crippen MR) is 136 cm³/mol. The average molecular weight is 557 g/mol. The van der Waals surface area contributed by atoms with Crippen LogP contribution in [0.5, 0.6) is 5.75 Å². The molecule has 4 rings (SSSR count). The van der Waals surface area contributed by atoms with Crippen LogP contribution < -0.4 is 4.74 Å². The second-order valence-corrected chi connectivity index (χ2v) is 9.95. The van der Waals surface area contributed by atoms with Gasteiger partial charge in [-0.3, -0.25) is 14.7 Å². The molecule has 0 saturated heterocycles. The summed E-state index contributed by atoms with van der Waals surface area (Å²) in [7, 11) is 0. The molecule has 0 aliphatic heterocycles. The summed E-state index contributed by atoms with van der Waals surface area (Å²) >= 11 is 4.81. The van der Waals surface area contributed by atoms with E-state index in [2.05, 4.69) is 26.1 Å². The number of thioether (sulfide) groups is 1. The minimum Gasteiger partial charge on any atom is -0.488 e. The standard InChI is InChI=1S/C25H22BrFN4O3S/c1-16-3-10-21(11-4-16)31-17(2)28-29-25(31)35-24(14-30(32)33)19-7-12-23(22(26)13-19)34-15-18-5-8-20(27)9-6-18/h3-13,24H,14-15H2,1-2H3/t24-/m1/s1. The first kappa shape index (κ1) is 24.9. The summed E-state index contributed by atoms with van der Waals surface area (Å²) in [5.41, 5.74) is 3.61. The van der Waals surface area contributed by atoms with Crippen LogP contribution in [-0.2, 0) is 6.61 Å². The van der Waals surface area contributed by atoms with Crippen molar-refractivity contribution in [3.05, 3.63) is 110 Å². The Morgan fingerprint density at radius 1 is 1.09 bits per heavy atom. The molecule has 0 saturated carbocycles. The molecule has 0 aliphatic rings. The highest BCUT2D eigenvalue weighted by molar-refractivity contribution is 9.10. The van der Waals surface area contributed by atoms with E-state index in [0.29, 0.717) is 21.2 Å². The summed E-state index contributed by atoms with van der Waals surface area (Å²) < 4.78 is 21.5. The van der Waals surface area contributed by atoms with Gasteiger partial charge in [0.2, 0.25) is 6.54 Å². The minimum atomic E-state index is -0.500. The Morgan fingerprint density at radius 3 is 2.46 bits per heavy atom. The molecule has 180 valence electrons. The topological polar surface area (TPSA) is 83.1 Å². The third-order valence-electron chi connectivity index (χ3n) is 5.29. The van der Waals surface area contributed by atoms with Gasteiger partial charge < -0.3 is 4.74 Å². The number of aryl methyl sites for hydroxylation is 2. The summed E-state index contributed by atoms with van der Waals surface area (Å²) in [6.07, 6.45) is 0. The molecule has 0 N–H and O–H groups in total. The van der Waals surface area contributed by atoms with Gasteiger partial charge in [0.15, 0.2) is 5.16 Å². The maximum absolute atomic E-state index is 13.1. The van der Waals surface area contributed by atoms with Crippen LogP contribution in [-0.4, -0.2) is 26.2 Å². The Balaban J connectivity index is 1.56. The molecule has 0 aliphatic carbocycles. The molecule has 10 heteroatoms. The highest BCUT2D eigenvalue weighted by Crippen LogP contribution is 2.38. The van der Waals surface area contributed by atoms with E-state index in [1.54, 1.807) is 18.2 Å². The average Bonchev–Trinajstić information content (AvgIpc) is 3.19. The van der Waals surface area contributed by atoms with Gasteiger partial charge in [0, 0.05) is 10.6 Å². The van der Waals surface area contributed by atoms with E-state index in [0.717, 1.165) is 22.4 Å². The van der Waals surface area contributed by atoms with Crippen LogP contribution in [0.2, 0.25) is 0 Å². The van der Waals surface area contributed by atoms with E-state index >= 15 is 0 Å². The van der Waals surface area contributed by atoms with Gasteiger partial charge >= 0.3 is 0 Å². The molecule has 1 atom stereocenters. The zero-order valence-electron chi connectivity index (χ0n) is 19.0. The van der Waals surface area contributed by atoms with Crippen molar-refractivity contribution in [1.82, 2.24) is 14.8 Å². The Bertz CT molecular complexity index is 1330. The number of benzene rings is 3. The lowest BCUT2D eigenvalue weighted by atomic mass is 10.1. The van der Waals surface area contributed by atoms with Gasteiger partial charge in [-0.05, 0) is 77.3 Å². The van der Waals surface area contributed by atoms with Crippen molar-refractivity contribution >= 4 is 27.7 Å². The lowest BCUT2D eigenvalue weighted by Gasteiger charge is -2.16. The third kappa shape index (κ3) is 6.26. The highest BCUT2D eigenvalue weighted by atomic mass is 79.9. The normalized spacial score (nSPS) is 11.9. The largest absolute Gasteiger partial charge is 0.488 e. The predicted octanol–water partition coefficient (Wildman–Crippen LogP) is 6.47. The Morgan fingerprint density at radius 2 is 1.80 bits per heavy atom. The summed E-state index contributed by atoms with van der Waals surface area (Å²) in [5.74, 6) is 0.977. The first-order valence-corrected chi connectivity index (χ1v) is 12.4. The first-order chi connectivity index (χ1) is 16.8. The number of nitro groups is 1. The van der Waals surface area contributed by atoms with E-state index in [9.17, 15) is 14.5 Å². The quantitative estimate of drug-likeness (QED) is 0.133. The molecular formula is C25H22BrFN4O3S. The van der Waals surface area contributed by atoms with E-state index in [-0.39, 0.29) is 23.9 Å². The molecule has 4 aromatic rings. The summed E-state index contributed by atoms with van der Waals surface area (Å²) in [6.45, 7) is 3.84. The molecule has 35 heavy (non-hydrogen) atoms. The van der Waals surface area contributed by atoms with Gasteiger partial charge in [-0.2, -0.15) is 0 Å². The fourth-order valence-corrected chi connectivity index (χ4v) is 5.14. The molecule has 0 fully saturated rings. The number of rotatable bonds is 9. The smallest absolute Gasteiger partial charge is 0.220 e. The Labute approximate surface area is 214 Å². The number of ether oxygens (including phenoxy) is 1. The maximum Gasteiger partial charge on any atom is 0.220 e. The van der Waals surface area contributed by atoms with Crippen molar-refractivity contribution in [1.29, 1.82) is 0 Å². The maximum atomic E-state index is 13.1. The molecule has 1 aromatic heterocycles. The Hall–Kier alpha value is -3.24. The minimum absolute atomic E-state index is 0.268. The Kier molecular flexibility index (Phi) is 7.82. The molecule has 7 nitrogen and oxygen atoms in total. The van der Waals surface area contributed by atoms with E-state index in [4.69, 9.17) is 4.74 Å². The van der Waals surface area contributed by atoms with Crippen LogP contribution in [0.25, 0.3) is 5.69 Å². The van der Waals surface area contributed by atoms with Crippen molar-refractivity contribution in [3.8, 4) is 11.4 Å². The number of hydrogen-bond donors (Lipinski definition) is 0. The van der Waals surface area contributed by atoms with Crippen molar-refractivity contribution in [2.45, 2.75) is 30.9 Å². The van der Waals surface area contributed by atoms with Crippen LogP contribution >= 0.6 is 27.7 Å². The van der Waals surface area contributed by atoms with E-state index < -0.39 is 5.25 Å². The fraction of sp³-hybridized carbons (Fsp3) is 0.200. The molecule has 3 aromatic carbocycles. The van der Waals surface area contributed by atoms with Crippen molar-refractivity contribution in [2.24, 2.45) is 0 Å². The van der Waals surface area contributed by atoms with E-state index in [1.165, 1.54) is 23.9 Å². The van der Waals surface area contributed by atoms with Crippen LogP contribution in [0.3, 0.4) is 0 Å². The van der Waals surface area contributed by atoms with Crippen molar-refractivity contribution in [3.63, 3.8) is 0 Å². The van der Waals surface area contributed by atoms with Crippen LogP contribution in [0, 0.1) is 29.8 Å². The number of hydrogen-bond acceptors (Lipinski definition) is 6. The summed E-state index contributed by atoms with van der Waals surface area (Å²) in [5, 5.41) is 20.1. The van der Waals surface area contributed by atoms with Gasteiger partial charge in [0.1, 0.15) is 29.2 Å². The first-order valence-electron chi connectivity index (χ1n) is 10.7. The van der Waals surface area contributed by atoms with Crippen molar-refractivity contribution < 1.29 is 14.1 Å². The van der Waals surface area contributed by atoms with Gasteiger partial charge in [-0.1, -0.05) is 47.7 Å². The highest BCUT2D eigenvalue weighted by Gasteiger charge is 2.24. The van der Waals surface area contributed by atoms with Gasteiger partial charge in [-0.25, -0.2) is 4.39 Å². The van der Waals surface area contributed by atoms with Crippen LogP contribution in [0.4, 0.5) is 4.39 Å². The third-order valence-corrected chi connectivity index (χ3v) is 7.09. The molecular weight excluding hydrogens is 535 g/mol. The SMILES string of the molecule is Cc1ccc(-n2c(C)nnc2S[C@H](C[N+](=O)[O-])c2ccc(OCc3ccc(F)cc3)c(Br)c2)cc1. The van der Waals surface area contributed by atoms with Gasteiger partial charge in [0.25, 0.3) is 0 Å². The zero-order chi connectivity index (χ0) is 24.9. The van der Waals surface area contributed by atoms with Gasteiger partial charge in [0.05, 0.1) is 4.47 Å². The molecule has 0 amide bonds. The molecule has 1 heterocycles. The fourth-order valence-electron chi connectivity index (χ4n) is 3.46. The zero-order valence-corrected chi connectivity index (χ0v) is 21.4.